The number of amides is 2. The molecular weight excluding hydrogens is 208 g/mol. The molecule has 0 aromatic rings. The topological polar surface area (TPSA) is 89.3 Å². The van der Waals surface area contributed by atoms with Gasteiger partial charge in [0.25, 0.3) is 0 Å². The van der Waals surface area contributed by atoms with E-state index in [1.54, 1.807) is 0 Å². The van der Waals surface area contributed by atoms with E-state index in [-0.39, 0.29) is 30.4 Å². The van der Waals surface area contributed by atoms with Crippen molar-refractivity contribution in [2.75, 3.05) is 0 Å². The van der Waals surface area contributed by atoms with Crippen molar-refractivity contribution in [3.05, 3.63) is 0 Å². The Bertz CT molecular complexity index is 274. The van der Waals surface area contributed by atoms with Gasteiger partial charge in [0.15, 0.2) is 0 Å². The Morgan fingerprint density at radius 2 is 1.81 bits per heavy atom. The number of nitrogens with one attached hydrogen (secondary N) is 1. The summed E-state index contributed by atoms with van der Waals surface area (Å²) in [6.45, 7) is 5.26. The van der Waals surface area contributed by atoms with Gasteiger partial charge in [-0.1, -0.05) is 13.8 Å². The van der Waals surface area contributed by atoms with Crippen LogP contribution in [0.25, 0.3) is 0 Å². The number of primary amides is 1. The maximum absolute atomic E-state index is 11.4. The van der Waals surface area contributed by atoms with Crippen LogP contribution in [0.3, 0.4) is 0 Å². The highest BCUT2D eigenvalue weighted by Gasteiger charge is 2.18. The van der Waals surface area contributed by atoms with Crippen LogP contribution in [0.1, 0.15) is 40.0 Å². The average molecular weight is 228 g/mol. The van der Waals surface area contributed by atoms with E-state index in [2.05, 4.69) is 5.32 Å². The monoisotopic (exact) mass is 228 g/mol. The Morgan fingerprint density at radius 1 is 1.25 bits per heavy atom. The maximum Gasteiger partial charge on any atom is 0.240 e. The minimum absolute atomic E-state index is 0.0237. The second-order valence-electron chi connectivity index (χ2n) is 4.36. The molecule has 0 radical (unpaired) electrons. The molecule has 1 atom stereocenters. The molecule has 0 fully saturated rings. The van der Waals surface area contributed by atoms with Crippen LogP contribution in [0, 0.1) is 5.92 Å². The minimum atomic E-state index is -0.741. The van der Waals surface area contributed by atoms with Crippen molar-refractivity contribution in [3.8, 4) is 0 Å². The molecule has 0 saturated carbocycles. The van der Waals surface area contributed by atoms with Crippen molar-refractivity contribution in [1.29, 1.82) is 0 Å². The molecule has 0 aliphatic carbocycles. The molecule has 0 aromatic heterocycles. The lowest BCUT2D eigenvalue weighted by molar-refractivity contribution is -0.128. The summed E-state index contributed by atoms with van der Waals surface area (Å²) in [5, 5.41) is 2.54. The largest absolute Gasteiger partial charge is 0.368 e. The molecule has 92 valence electrons. The van der Waals surface area contributed by atoms with E-state index in [1.165, 1.54) is 6.92 Å². The van der Waals surface area contributed by atoms with Crippen LogP contribution in [0.2, 0.25) is 0 Å². The molecule has 5 heteroatoms. The lowest BCUT2D eigenvalue weighted by Gasteiger charge is -2.15. The Kier molecular flexibility index (Phi) is 6.37. The lowest BCUT2D eigenvalue weighted by atomic mass is 10.1. The van der Waals surface area contributed by atoms with Crippen LogP contribution < -0.4 is 11.1 Å². The molecule has 0 unspecified atom stereocenters. The third-order valence-corrected chi connectivity index (χ3v) is 2.06. The number of Topliss-reactive ketones (excluding diaryl/α,β-unsaturated/α-hetero) is 1. The molecule has 3 N–H and O–H groups in total. The maximum atomic E-state index is 11.4. The van der Waals surface area contributed by atoms with Gasteiger partial charge in [-0.2, -0.15) is 0 Å². The van der Waals surface area contributed by atoms with E-state index in [0.717, 1.165) is 0 Å². The summed E-state index contributed by atoms with van der Waals surface area (Å²) < 4.78 is 0. The number of hydrogen-bond donors (Lipinski definition) is 2. The molecule has 5 nitrogen and oxygen atoms in total. The summed E-state index contributed by atoms with van der Waals surface area (Å²) in [4.78, 5) is 33.2. The fraction of sp³-hybridized carbons (Fsp3) is 0.727. The molecule has 0 saturated heterocycles. The third-order valence-electron chi connectivity index (χ3n) is 2.06. The first kappa shape index (κ1) is 14.6. The second kappa shape index (κ2) is 6.98. The molecule has 0 rings (SSSR count). The average Bonchev–Trinajstić information content (AvgIpc) is 2.09. The van der Waals surface area contributed by atoms with Gasteiger partial charge >= 0.3 is 0 Å². The molecule has 16 heavy (non-hydrogen) atoms. The van der Waals surface area contributed by atoms with Crippen molar-refractivity contribution in [2.45, 2.75) is 46.1 Å². The highest BCUT2D eigenvalue weighted by molar-refractivity contribution is 5.87. The van der Waals surface area contributed by atoms with Gasteiger partial charge in [-0.3, -0.25) is 9.59 Å². The van der Waals surface area contributed by atoms with Crippen LogP contribution in [0.5, 0.6) is 0 Å². The van der Waals surface area contributed by atoms with Crippen LogP contribution in [-0.4, -0.2) is 23.6 Å². The van der Waals surface area contributed by atoms with E-state index < -0.39 is 11.9 Å². The van der Waals surface area contributed by atoms with Crippen molar-refractivity contribution in [1.82, 2.24) is 5.32 Å². The van der Waals surface area contributed by atoms with E-state index in [0.29, 0.717) is 6.42 Å². The minimum Gasteiger partial charge on any atom is -0.368 e. The first-order chi connectivity index (χ1) is 7.32. The Hall–Kier alpha value is -1.39. The van der Waals surface area contributed by atoms with Gasteiger partial charge in [0.2, 0.25) is 11.8 Å². The number of rotatable bonds is 7. The molecule has 2 amide bonds. The van der Waals surface area contributed by atoms with E-state index >= 15 is 0 Å². The van der Waals surface area contributed by atoms with Gasteiger partial charge in [0, 0.05) is 12.8 Å². The summed E-state index contributed by atoms with van der Waals surface area (Å²) in [5.74, 6) is -0.605. The zero-order valence-corrected chi connectivity index (χ0v) is 10.1. The van der Waals surface area contributed by atoms with Gasteiger partial charge in [-0.15, -0.1) is 0 Å². The standard InChI is InChI=1S/C11H20N2O3/c1-7(2)6-10(15)13-9(11(12)16)5-4-8(3)14/h7,9H,4-6H2,1-3H3,(H2,12,16)(H,13,15)/t9-/m0/s1. The molecule has 0 heterocycles. The fourth-order valence-electron chi connectivity index (χ4n) is 1.26. The predicted octanol–water partition coefficient (Wildman–Crippen LogP) is 0.372. The molecule has 0 spiro atoms. The zero-order chi connectivity index (χ0) is 12.7. The van der Waals surface area contributed by atoms with Gasteiger partial charge in [0.05, 0.1) is 0 Å². The van der Waals surface area contributed by atoms with E-state index in [4.69, 9.17) is 5.73 Å². The van der Waals surface area contributed by atoms with Gasteiger partial charge in [0.1, 0.15) is 11.8 Å². The van der Waals surface area contributed by atoms with E-state index in [1.807, 2.05) is 13.8 Å². The van der Waals surface area contributed by atoms with Gasteiger partial charge in [-0.05, 0) is 19.3 Å². The summed E-state index contributed by atoms with van der Waals surface area (Å²) in [7, 11) is 0. The fourth-order valence-corrected chi connectivity index (χ4v) is 1.26. The normalized spacial score (nSPS) is 12.2. The summed E-state index contributed by atoms with van der Waals surface area (Å²) in [6.07, 6.45) is 0.869. The van der Waals surface area contributed by atoms with Gasteiger partial charge in [-0.25, -0.2) is 0 Å². The SMILES string of the molecule is CC(=O)CC[C@H](NC(=O)CC(C)C)C(N)=O. The highest BCUT2D eigenvalue weighted by Crippen LogP contribution is 2.02. The molecule has 0 aliphatic heterocycles. The van der Waals surface area contributed by atoms with Crippen molar-refractivity contribution in [3.63, 3.8) is 0 Å². The van der Waals surface area contributed by atoms with Crippen LogP contribution >= 0.6 is 0 Å². The van der Waals surface area contributed by atoms with Crippen molar-refractivity contribution in [2.24, 2.45) is 11.7 Å². The first-order valence-corrected chi connectivity index (χ1v) is 5.41. The number of carbonyl (C=O) groups is 3. The lowest BCUT2D eigenvalue weighted by Crippen LogP contribution is -2.44. The predicted molar refractivity (Wildman–Crippen MR) is 60.5 cm³/mol. The molecular formula is C11H20N2O3. The van der Waals surface area contributed by atoms with Crippen molar-refractivity contribution < 1.29 is 14.4 Å². The smallest absolute Gasteiger partial charge is 0.240 e. The Balaban J connectivity index is 4.17. The second-order valence-corrected chi connectivity index (χ2v) is 4.36. The number of ketones is 1. The molecule has 0 bridgehead atoms. The quantitative estimate of drug-likeness (QED) is 0.659. The summed E-state index contributed by atoms with van der Waals surface area (Å²) >= 11 is 0. The van der Waals surface area contributed by atoms with E-state index in [9.17, 15) is 14.4 Å². The number of carbonyl (C=O) groups excluding carboxylic acids is 3. The third kappa shape index (κ3) is 6.98. The molecule has 0 aliphatic rings. The zero-order valence-electron chi connectivity index (χ0n) is 10.1. The summed E-state index contributed by atoms with van der Waals surface area (Å²) in [6, 6.07) is -0.741. The summed E-state index contributed by atoms with van der Waals surface area (Å²) in [5.41, 5.74) is 5.14. The van der Waals surface area contributed by atoms with Crippen LogP contribution in [0.15, 0.2) is 0 Å². The first-order valence-electron chi connectivity index (χ1n) is 5.41. The Morgan fingerprint density at radius 3 is 2.19 bits per heavy atom. The van der Waals surface area contributed by atoms with Crippen LogP contribution in [0.4, 0.5) is 0 Å². The highest BCUT2D eigenvalue weighted by atomic mass is 16.2. The van der Waals surface area contributed by atoms with Gasteiger partial charge < -0.3 is 15.8 Å². The van der Waals surface area contributed by atoms with Crippen LogP contribution in [-0.2, 0) is 14.4 Å². The number of nitrogens with two attached hydrogens (primary N) is 1. The van der Waals surface area contributed by atoms with Crippen molar-refractivity contribution >= 4 is 17.6 Å². The number of hydrogen-bond acceptors (Lipinski definition) is 3. The molecule has 0 aromatic carbocycles. The Labute approximate surface area is 95.8 Å².